The van der Waals surface area contributed by atoms with E-state index < -0.39 is 0 Å². The lowest BCUT2D eigenvalue weighted by Crippen LogP contribution is -2.28. The molecule has 0 aliphatic carbocycles. The largest absolute Gasteiger partial charge is 0.492 e. The van der Waals surface area contributed by atoms with Crippen LogP contribution in [0, 0.1) is 5.92 Å². The lowest BCUT2D eigenvalue weighted by Gasteiger charge is -2.13. The van der Waals surface area contributed by atoms with Crippen LogP contribution >= 0.6 is 24.0 Å². The zero-order chi connectivity index (χ0) is 14.3. The molecule has 2 N–H and O–H groups in total. The van der Waals surface area contributed by atoms with Gasteiger partial charge in [0, 0.05) is 18.2 Å². The lowest BCUT2D eigenvalue weighted by atomic mass is 10.1. The number of benzene rings is 1. The average molecular weight is 321 g/mol. The molecule has 0 aliphatic rings. The highest BCUT2D eigenvalue weighted by molar-refractivity contribution is 6.32. The number of hydrogen-bond donors (Lipinski definition) is 2. The first-order valence-corrected chi connectivity index (χ1v) is 6.84. The van der Waals surface area contributed by atoms with Gasteiger partial charge in [0.1, 0.15) is 5.75 Å². The van der Waals surface area contributed by atoms with Gasteiger partial charge in [0.25, 0.3) is 0 Å². The molecule has 6 heteroatoms. The van der Waals surface area contributed by atoms with Crippen LogP contribution in [0.15, 0.2) is 18.2 Å². The predicted octanol–water partition coefficient (Wildman–Crippen LogP) is 3.34. The minimum atomic E-state index is -0.0974. The number of anilines is 1. The fourth-order valence-electron chi connectivity index (χ4n) is 1.57. The molecule has 1 aromatic carbocycles. The van der Waals surface area contributed by atoms with Crippen molar-refractivity contribution in [1.29, 1.82) is 0 Å². The summed E-state index contributed by atoms with van der Waals surface area (Å²) in [7, 11) is 1.82. The van der Waals surface area contributed by atoms with Crippen LogP contribution in [0.2, 0.25) is 5.02 Å². The smallest absolute Gasteiger partial charge is 0.228 e. The van der Waals surface area contributed by atoms with Crippen molar-refractivity contribution in [2.24, 2.45) is 5.92 Å². The third kappa shape index (κ3) is 5.99. The highest BCUT2D eigenvalue weighted by Gasteiger charge is 2.12. The number of hydrogen-bond acceptors (Lipinski definition) is 3. The molecule has 1 aromatic rings. The quantitative estimate of drug-likeness (QED) is 0.810. The fourth-order valence-corrected chi connectivity index (χ4v) is 1.81. The molecule has 0 saturated heterocycles. The average Bonchev–Trinajstić information content (AvgIpc) is 2.38. The molecule has 0 saturated carbocycles. The maximum absolute atomic E-state index is 11.8. The Hall–Kier alpha value is -0.970. The Kier molecular flexibility index (Phi) is 9.38. The fraction of sp³-hybridized carbons (Fsp3) is 0.500. The summed E-state index contributed by atoms with van der Waals surface area (Å²) in [5, 5.41) is 6.31. The van der Waals surface area contributed by atoms with Gasteiger partial charge in [0.05, 0.1) is 11.6 Å². The molecule has 20 heavy (non-hydrogen) atoms. The molecule has 4 nitrogen and oxygen atoms in total. The Labute approximate surface area is 131 Å². The summed E-state index contributed by atoms with van der Waals surface area (Å²) in [4.78, 5) is 11.8. The lowest BCUT2D eigenvalue weighted by molar-refractivity contribution is -0.119. The standard InChI is InChI=1S/C14H21ClN2O2.ClH/c1-4-7-19-13-6-5-11(8-12(13)15)17-14(18)10(2)9-16-3;/h5-6,8,10,16H,4,7,9H2,1-3H3,(H,17,18);1H. The van der Waals surface area contributed by atoms with Gasteiger partial charge in [0.15, 0.2) is 0 Å². The van der Waals surface area contributed by atoms with Gasteiger partial charge in [-0.3, -0.25) is 4.79 Å². The maximum atomic E-state index is 11.8. The van der Waals surface area contributed by atoms with Crippen LogP contribution in [0.25, 0.3) is 0 Å². The van der Waals surface area contributed by atoms with Gasteiger partial charge in [-0.2, -0.15) is 0 Å². The molecule has 0 radical (unpaired) electrons. The normalized spacial score (nSPS) is 11.4. The molecule has 0 heterocycles. The number of amides is 1. The van der Waals surface area contributed by atoms with E-state index >= 15 is 0 Å². The third-order valence-corrected chi connectivity index (χ3v) is 2.91. The van der Waals surface area contributed by atoms with Gasteiger partial charge < -0.3 is 15.4 Å². The second kappa shape index (κ2) is 9.86. The molecule has 0 fully saturated rings. The molecule has 1 atom stereocenters. The summed E-state index contributed by atoms with van der Waals surface area (Å²) in [5.41, 5.74) is 0.682. The van der Waals surface area contributed by atoms with Crippen molar-refractivity contribution in [1.82, 2.24) is 5.32 Å². The second-order valence-corrected chi connectivity index (χ2v) is 4.85. The van der Waals surface area contributed by atoms with Crippen molar-refractivity contribution in [3.05, 3.63) is 23.2 Å². The van der Waals surface area contributed by atoms with Crippen LogP contribution in [-0.2, 0) is 4.79 Å². The maximum Gasteiger partial charge on any atom is 0.228 e. The highest BCUT2D eigenvalue weighted by atomic mass is 35.5. The van der Waals surface area contributed by atoms with Gasteiger partial charge in [-0.1, -0.05) is 25.4 Å². The van der Waals surface area contributed by atoms with Gasteiger partial charge in [-0.25, -0.2) is 0 Å². The predicted molar refractivity (Wildman–Crippen MR) is 86.2 cm³/mol. The van der Waals surface area contributed by atoms with Crippen LogP contribution in [0.3, 0.4) is 0 Å². The first-order valence-electron chi connectivity index (χ1n) is 6.46. The Morgan fingerprint density at radius 1 is 1.45 bits per heavy atom. The van der Waals surface area contributed by atoms with Crippen molar-refractivity contribution in [3.63, 3.8) is 0 Å². The number of ether oxygens (including phenoxy) is 1. The van der Waals surface area contributed by atoms with Crippen LogP contribution < -0.4 is 15.4 Å². The zero-order valence-corrected chi connectivity index (χ0v) is 13.6. The van der Waals surface area contributed by atoms with E-state index in [0.717, 1.165) is 6.42 Å². The number of carbonyl (C=O) groups is 1. The number of halogens is 2. The SMILES string of the molecule is CCCOc1ccc(NC(=O)C(C)CNC)cc1Cl.Cl. The molecule has 114 valence electrons. The van der Waals surface area contributed by atoms with Crippen LogP contribution in [0.5, 0.6) is 5.75 Å². The molecule has 0 aliphatic heterocycles. The van der Waals surface area contributed by atoms with Crippen LogP contribution in [-0.4, -0.2) is 26.1 Å². The summed E-state index contributed by atoms with van der Waals surface area (Å²) in [6.07, 6.45) is 0.927. The number of rotatable bonds is 7. The van der Waals surface area contributed by atoms with Crippen molar-refractivity contribution >= 4 is 35.6 Å². The van der Waals surface area contributed by atoms with Crippen molar-refractivity contribution < 1.29 is 9.53 Å². The monoisotopic (exact) mass is 320 g/mol. The molecule has 0 aromatic heterocycles. The Bertz CT molecular complexity index is 428. The summed E-state index contributed by atoms with van der Waals surface area (Å²) in [6.45, 7) is 5.17. The Balaban J connectivity index is 0.00000361. The van der Waals surface area contributed by atoms with Gasteiger partial charge in [0.2, 0.25) is 5.91 Å². The molecule has 1 amide bonds. The van der Waals surface area contributed by atoms with Crippen molar-refractivity contribution in [3.8, 4) is 5.75 Å². The van der Waals surface area contributed by atoms with Gasteiger partial charge in [-0.15, -0.1) is 12.4 Å². The molecule has 0 spiro atoms. The Morgan fingerprint density at radius 3 is 2.70 bits per heavy atom. The minimum absolute atomic E-state index is 0. The first-order chi connectivity index (χ1) is 9.08. The Morgan fingerprint density at radius 2 is 2.15 bits per heavy atom. The minimum Gasteiger partial charge on any atom is -0.492 e. The number of carbonyl (C=O) groups excluding carboxylic acids is 1. The van der Waals surface area contributed by atoms with Crippen molar-refractivity contribution in [2.75, 3.05) is 25.5 Å². The van der Waals surface area contributed by atoms with E-state index in [2.05, 4.69) is 10.6 Å². The van der Waals surface area contributed by atoms with Gasteiger partial charge >= 0.3 is 0 Å². The van der Waals surface area contributed by atoms with E-state index in [-0.39, 0.29) is 24.2 Å². The molecule has 1 rings (SSSR count). The van der Waals surface area contributed by atoms with Crippen LogP contribution in [0.1, 0.15) is 20.3 Å². The van der Waals surface area contributed by atoms with E-state index in [1.807, 2.05) is 20.9 Å². The van der Waals surface area contributed by atoms with Crippen molar-refractivity contribution in [2.45, 2.75) is 20.3 Å². The van der Waals surface area contributed by atoms with E-state index in [1.54, 1.807) is 18.2 Å². The first kappa shape index (κ1) is 19.0. The van der Waals surface area contributed by atoms with Gasteiger partial charge in [-0.05, 0) is 31.7 Å². The molecule has 1 unspecified atom stereocenters. The summed E-state index contributed by atoms with van der Waals surface area (Å²) < 4.78 is 5.48. The topological polar surface area (TPSA) is 50.4 Å². The summed E-state index contributed by atoms with van der Waals surface area (Å²) in [5.74, 6) is 0.511. The zero-order valence-electron chi connectivity index (χ0n) is 12.0. The second-order valence-electron chi connectivity index (χ2n) is 4.44. The van der Waals surface area contributed by atoms with Crippen LogP contribution in [0.4, 0.5) is 5.69 Å². The van der Waals surface area contributed by atoms with E-state index in [4.69, 9.17) is 16.3 Å². The molecular weight excluding hydrogens is 299 g/mol. The van der Waals surface area contributed by atoms with E-state index in [9.17, 15) is 4.79 Å². The number of nitrogens with one attached hydrogen (secondary N) is 2. The molecular formula is C14H22Cl2N2O2. The molecule has 0 bridgehead atoms. The summed E-state index contributed by atoms with van der Waals surface area (Å²) >= 11 is 6.10. The summed E-state index contributed by atoms with van der Waals surface area (Å²) in [6, 6.07) is 5.27. The van der Waals surface area contributed by atoms with E-state index in [1.165, 1.54) is 0 Å². The highest BCUT2D eigenvalue weighted by Crippen LogP contribution is 2.27. The van der Waals surface area contributed by atoms with E-state index in [0.29, 0.717) is 29.6 Å². The third-order valence-electron chi connectivity index (χ3n) is 2.62.